The fraction of sp³-hybridized carbons (Fsp3) is 0.545. The number of aromatic amines is 1. The van der Waals surface area contributed by atoms with Crippen molar-refractivity contribution in [3.63, 3.8) is 0 Å². The van der Waals surface area contributed by atoms with E-state index < -0.39 is 5.41 Å². The van der Waals surface area contributed by atoms with Crippen LogP contribution in [0, 0.1) is 5.41 Å². The van der Waals surface area contributed by atoms with E-state index in [1.165, 1.54) is 0 Å². The highest BCUT2D eigenvalue weighted by Gasteiger charge is 2.49. The van der Waals surface area contributed by atoms with Gasteiger partial charge in [0.15, 0.2) is 0 Å². The lowest BCUT2D eigenvalue weighted by Gasteiger charge is -2.39. The molecule has 0 bridgehead atoms. The standard InChI is InChI=1S/C22H29N3O3/c1-3-16-17-7-4-5-8-18(17)23-19(16)20(26)25-12-10-22(15-25)9-6-11-24(21(22)27)13-14-28-2/h4-5,7-8,23H,3,6,9-15H2,1-2H3/t22-/m1/s1. The lowest BCUT2D eigenvalue weighted by atomic mass is 9.78. The lowest BCUT2D eigenvalue weighted by molar-refractivity contribution is -0.146. The van der Waals surface area contributed by atoms with Crippen LogP contribution in [-0.4, -0.2) is 66.5 Å². The third-order valence-corrected chi connectivity index (χ3v) is 6.41. The summed E-state index contributed by atoms with van der Waals surface area (Å²) in [5.41, 5.74) is 2.33. The van der Waals surface area contributed by atoms with Gasteiger partial charge < -0.3 is 19.5 Å². The fourth-order valence-electron chi connectivity index (χ4n) is 4.90. The number of methoxy groups -OCH3 is 1. The Balaban J connectivity index is 1.56. The monoisotopic (exact) mass is 383 g/mol. The molecule has 1 aromatic heterocycles. The predicted octanol–water partition coefficient (Wildman–Crippen LogP) is 2.83. The molecule has 2 aromatic rings. The van der Waals surface area contributed by atoms with E-state index in [0.717, 1.165) is 48.7 Å². The number of nitrogens with zero attached hydrogens (tertiary/aromatic N) is 2. The minimum atomic E-state index is -0.417. The summed E-state index contributed by atoms with van der Waals surface area (Å²) in [6.45, 7) is 5.22. The van der Waals surface area contributed by atoms with Gasteiger partial charge >= 0.3 is 0 Å². The van der Waals surface area contributed by atoms with Gasteiger partial charge in [0.05, 0.1) is 12.0 Å². The molecule has 4 rings (SSSR count). The summed E-state index contributed by atoms with van der Waals surface area (Å²) in [6.07, 6.45) is 3.41. The van der Waals surface area contributed by atoms with Crippen molar-refractivity contribution in [2.24, 2.45) is 5.41 Å². The number of aromatic nitrogens is 1. The van der Waals surface area contributed by atoms with Crippen molar-refractivity contribution in [3.05, 3.63) is 35.5 Å². The molecule has 0 aliphatic carbocycles. The summed E-state index contributed by atoms with van der Waals surface area (Å²) in [4.78, 5) is 33.6. The van der Waals surface area contributed by atoms with Crippen molar-refractivity contribution < 1.29 is 14.3 Å². The van der Waals surface area contributed by atoms with Gasteiger partial charge in [-0.05, 0) is 37.3 Å². The van der Waals surface area contributed by atoms with E-state index in [1.54, 1.807) is 7.11 Å². The number of benzene rings is 1. The van der Waals surface area contributed by atoms with Gasteiger partial charge in [0.1, 0.15) is 5.69 Å². The number of ether oxygens (including phenoxy) is 1. The number of carbonyl (C=O) groups is 2. The zero-order valence-electron chi connectivity index (χ0n) is 16.8. The zero-order chi connectivity index (χ0) is 19.7. The number of hydrogen-bond donors (Lipinski definition) is 1. The molecule has 2 aliphatic heterocycles. The van der Waals surface area contributed by atoms with Crippen molar-refractivity contribution in [2.75, 3.05) is 39.9 Å². The SMILES string of the molecule is CCc1c(C(=O)N2CC[C@]3(CCCN(CCOC)C3=O)C2)[nH]c2ccccc12. The molecule has 2 aliphatic rings. The molecule has 2 amide bonds. The summed E-state index contributed by atoms with van der Waals surface area (Å²) in [6, 6.07) is 8.05. The summed E-state index contributed by atoms with van der Waals surface area (Å²) < 4.78 is 5.15. The van der Waals surface area contributed by atoms with Gasteiger partial charge in [-0.25, -0.2) is 0 Å². The average Bonchev–Trinajstić information content (AvgIpc) is 3.31. The molecule has 150 valence electrons. The van der Waals surface area contributed by atoms with E-state index in [1.807, 2.05) is 28.0 Å². The van der Waals surface area contributed by atoms with Crippen LogP contribution in [0.5, 0.6) is 0 Å². The average molecular weight is 383 g/mol. The molecule has 6 heteroatoms. The van der Waals surface area contributed by atoms with Gasteiger partial charge in [-0.3, -0.25) is 9.59 Å². The maximum Gasteiger partial charge on any atom is 0.270 e. The van der Waals surface area contributed by atoms with Crippen LogP contribution in [0.3, 0.4) is 0 Å². The van der Waals surface area contributed by atoms with Gasteiger partial charge in [-0.2, -0.15) is 0 Å². The number of aryl methyl sites for hydroxylation is 1. The molecule has 1 spiro atoms. The number of H-pyrrole nitrogens is 1. The molecule has 0 saturated carbocycles. The Bertz CT molecular complexity index is 890. The Morgan fingerprint density at radius 1 is 1.25 bits per heavy atom. The first-order valence-electron chi connectivity index (χ1n) is 10.3. The van der Waals surface area contributed by atoms with E-state index in [9.17, 15) is 9.59 Å². The van der Waals surface area contributed by atoms with Crippen molar-refractivity contribution in [1.82, 2.24) is 14.8 Å². The highest BCUT2D eigenvalue weighted by atomic mass is 16.5. The summed E-state index contributed by atoms with van der Waals surface area (Å²) in [5, 5.41) is 1.11. The van der Waals surface area contributed by atoms with Crippen LogP contribution < -0.4 is 0 Å². The van der Waals surface area contributed by atoms with Crippen molar-refractivity contribution in [2.45, 2.75) is 32.6 Å². The van der Waals surface area contributed by atoms with Crippen LogP contribution in [0.1, 0.15) is 42.2 Å². The molecule has 6 nitrogen and oxygen atoms in total. The number of piperidine rings is 1. The molecule has 0 unspecified atom stereocenters. The maximum atomic E-state index is 13.3. The normalized spacial score (nSPS) is 22.6. The van der Waals surface area contributed by atoms with Crippen LogP contribution >= 0.6 is 0 Å². The molecule has 2 saturated heterocycles. The number of para-hydroxylation sites is 1. The van der Waals surface area contributed by atoms with Crippen molar-refractivity contribution in [3.8, 4) is 0 Å². The molecule has 1 N–H and O–H groups in total. The van der Waals surface area contributed by atoms with Gasteiger partial charge in [0, 0.05) is 44.2 Å². The quantitative estimate of drug-likeness (QED) is 0.863. The Morgan fingerprint density at radius 2 is 2.07 bits per heavy atom. The van der Waals surface area contributed by atoms with E-state index in [4.69, 9.17) is 4.74 Å². The number of nitrogens with one attached hydrogen (secondary N) is 1. The minimum Gasteiger partial charge on any atom is -0.383 e. The first kappa shape index (κ1) is 19.0. The number of fused-ring (bicyclic) bond motifs is 1. The second-order valence-electron chi connectivity index (χ2n) is 8.02. The summed E-state index contributed by atoms with van der Waals surface area (Å²) in [7, 11) is 1.66. The van der Waals surface area contributed by atoms with Crippen molar-refractivity contribution >= 4 is 22.7 Å². The highest BCUT2D eigenvalue weighted by molar-refractivity contribution is 6.01. The molecular weight excluding hydrogens is 354 g/mol. The number of hydrogen-bond acceptors (Lipinski definition) is 3. The maximum absolute atomic E-state index is 13.3. The van der Waals surface area contributed by atoms with E-state index in [2.05, 4.69) is 18.0 Å². The largest absolute Gasteiger partial charge is 0.383 e. The predicted molar refractivity (Wildman–Crippen MR) is 108 cm³/mol. The van der Waals surface area contributed by atoms with Crippen LogP contribution in [0.4, 0.5) is 0 Å². The Hall–Kier alpha value is -2.34. The molecule has 0 radical (unpaired) electrons. The third kappa shape index (κ3) is 3.09. The molecular formula is C22H29N3O3. The fourth-order valence-corrected chi connectivity index (χ4v) is 4.90. The van der Waals surface area contributed by atoms with Gasteiger partial charge in [0.25, 0.3) is 5.91 Å². The van der Waals surface area contributed by atoms with Gasteiger partial charge in [-0.1, -0.05) is 25.1 Å². The van der Waals surface area contributed by atoms with E-state index in [-0.39, 0.29) is 11.8 Å². The molecule has 3 heterocycles. The number of rotatable bonds is 5. The first-order chi connectivity index (χ1) is 13.6. The summed E-state index contributed by atoms with van der Waals surface area (Å²) in [5.74, 6) is 0.213. The first-order valence-corrected chi connectivity index (χ1v) is 10.3. The van der Waals surface area contributed by atoms with Gasteiger partial charge in [-0.15, -0.1) is 0 Å². The summed E-state index contributed by atoms with van der Waals surface area (Å²) >= 11 is 0. The van der Waals surface area contributed by atoms with Crippen LogP contribution in [0.25, 0.3) is 10.9 Å². The Morgan fingerprint density at radius 3 is 2.86 bits per heavy atom. The second kappa shape index (κ2) is 7.59. The van der Waals surface area contributed by atoms with E-state index >= 15 is 0 Å². The van der Waals surface area contributed by atoms with Crippen molar-refractivity contribution in [1.29, 1.82) is 0 Å². The third-order valence-electron chi connectivity index (χ3n) is 6.41. The molecule has 2 fully saturated rings. The van der Waals surface area contributed by atoms with Crippen LogP contribution in [0.2, 0.25) is 0 Å². The number of carbonyl (C=O) groups excluding carboxylic acids is 2. The van der Waals surface area contributed by atoms with Crippen LogP contribution in [-0.2, 0) is 16.0 Å². The Labute approximate surface area is 165 Å². The number of likely N-dealkylation sites (tertiary alicyclic amines) is 2. The van der Waals surface area contributed by atoms with Crippen LogP contribution in [0.15, 0.2) is 24.3 Å². The topological polar surface area (TPSA) is 65.6 Å². The smallest absolute Gasteiger partial charge is 0.270 e. The molecule has 1 aromatic carbocycles. The highest BCUT2D eigenvalue weighted by Crippen LogP contribution is 2.40. The zero-order valence-corrected chi connectivity index (χ0v) is 16.8. The van der Waals surface area contributed by atoms with E-state index in [0.29, 0.717) is 31.9 Å². The van der Waals surface area contributed by atoms with Gasteiger partial charge in [0.2, 0.25) is 5.91 Å². The molecule has 28 heavy (non-hydrogen) atoms. The lowest BCUT2D eigenvalue weighted by Crippen LogP contribution is -2.51. The Kier molecular flexibility index (Phi) is 5.15. The number of amides is 2. The molecule has 1 atom stereocenters. The minimum absolute atomic E-state index is 0.0201. The second-order valence-corrected chi connectivity index (χ2v) is 8.02.